The van der Waals surface area contributed by atoms with E-state index in [1.54, 1.807) is 0 Å². The molecule has 2 aromatic carbocycles. The molecule has 1 amide bonds. The molecular formula is C17H9F3N2O3S2. The molecule has 27 heavy (non-hydrogen) atoms. The van der Waals surface area contributed by atoms with Crippen LogP contribution in [0.2, 0.25) is 0 Å². The summed E-state index contributed by atoms with van der Waals surface area (Å²) in [5.41, 5.74) is -0.915. The van der Waals surface area contributed by atoms with Crippen molar-refractivity contribution in [2.75, 3.05) is 4.90 Å². The number of nitrogens with zero attached hydrogens (tertiary/aromatic N) is 2. The summed E-state index contributed by atoms with van der Waals surface area (Å²) < 4.78 is 39.7. The highest BCUT2D eigenvalue weighted by Gasteiger charge is 2.40. The lowest BCUT2D eigenvalue weighted by atomic mass is 10.1. The number of amides is 1. The fraction of sp³-hybridized carbons (Fsp3) is 0.0588. The second kappa shape index (κ2) is 7.12. The normalized spacial score (nSPS) is 16.3. The number of carbonyl (C=O) groups excluding carboxylic acids is 1. The molecule has 0 saturated carbocycles. The number of benzene rings is 2. The lowest BCUT2D eigenvalue weighted by molar-refractivity contribution is -0.384. The van der Waals surface area contributed by atoms with Crippen LogP contribution in [0, 0.1) is 10.1 Å². The zero-order valence-electron chi connectivity index (χ0n) is 13.3. The predicted molar refractivity (Wildman–Crippen MR) is 100 cm³/mol. The number of para-hydroxylation sites is 1. The molecule has 0 spiro atoms. The first kappa shape index (κ1) is 19.1. The topological polar surface area (TPSA) is 63.4 Å². The number of nitro groups is 1. The van der Waals surface area contributed by atoms with Crippen molar-refractivity contribution >= 4 is 51.7 Å². The standard InChI is InChI=1S/C17H9F3N2O3S2/c18-17(19,20)12-3-1-2-4-13(12)21-15(23)14(27-16(21)26)9-10-5-7-11(8-6-10)22(24)25/h1-9H. The molecule has 1 fully saturated rings. The van der Waals surface area contributed by atoms with Gasteiger partial charge in [-0.05, 0) is 35.9 Å². The van der Waals surface area contributed by atoms with E-state index in [2.05, 4.69) is 0 Å². The average Bonchev–Trinajstić information content (AvgIpc) is 2.88. The van der Waals surface area contributed by atoms with E-state index in [1.807, 2.05) is 0 Å². The Morgan fingerprint density at radius 2 is 1.74 bits per heavy atom. The molecule has 0 bridgehead atoms. The van der Waals surface area contributed by atoms with Gasteiger partial charge in [-0.2, -0.15) is 13.2 Å². The number of carbonyl (C=O) groups is 1. The highest BCUT2D eigenvalue weighted by molar-refractivity contribution is 8.27. The molecule has 5 nitrogen and oxygen atoms in total. The Balaban J connectivity index is 1.96. The second-order valence-electron chi connectivity index (χ2n) is 5.38. The van der Waals surface area contributed by atoms with Gasteiger partial charge in [0.05, 0.1) is 21.1 Å². The summed E-state index contributed by atoms with van der Waals surface area (Å²) in [6, 6.07) is 10.1. The number of alkyl halides is 3. The number of thiocarbonyl (C=S) groups is 1. The van der Waals surface area contributed by atoms with Crippen LogP contribution in [-0.2, 0) is 11.0 Å². The van der Waals surface area contributed by atoms with Crippen LogP contribution < -0.4 is 4.90 Å². The molecule has 1 aliphatic rings. The molecule has 10 heteroatoms. The van der Waals surface area contributed by atoms with Gasteiger partial charge >= 0.3 is 6.18 Å². The lowest BCUT2D eigenvalue weighted by Crippen LogP contribution is -2.29. The summed E-state index contributed by atoms with van der Waals surface area (Å²) in [5, 5.41) is 10.7. The van der Waals surface area contributed by atoms with Crippen LogP contribution in [0.4, 0.5) is 24.5 Å². The van der Waals surface area contributed by atoms with E-state index in [-0.39, 0.29) is 20.6 Å². The van der Waals surface area contributed by atoms with Crippen molar-refractivity contribution in [3.05, 3.63) is 74.7 Å². The Morgan fingerprint density at radius 1 is 1.11 bits per heavy atom. The molecule has 1 aliphatic heterocycles. The minimum atomic E-state index is -4.64. The van der Waals surface area contributed by atoms with Crippen molar-refractivity contribution in [1.82, 2.24) is 0 Å². The lowest BCUT2D eigenvalue weighted by Gasteiger charge is -2.20. The smallest absolute Gasteiger partial charge is 0.268 e. The largest absolute Gasteiger partial charge is 0.418 e. The molecule has 3 rings (SSSR count). The van der Waals surface area contributed by atoms with Gasteiger partial charge < -0.3 is 0 Å². The SMILES string of the molecule is O=C1C(=Cc2ccc([N+](=O)[O-])cc2)SC(=S)N1c1ccccc1C(F)(F)F. The molecule has 0 N–H and O–H groups in total. The zero-order valence-corrected chi connectivity index (χ0v) is 14.9. The van der Waals surface area contributed by atoms with Crippen LogP contribution in [-0.4, -0.2) is 15.2 Å². The summed E-state index contributed by atoms with van der Waals surface area (Å²) in [6.07, 6.45) is -3.21. The Hall–Kier alpha value is -2.72. The third-order valence-electron chi connectivity index (χ3n) is 3.65. The van der Waals surface area contributed by atoms with Crippen LogP contribution in [0.15, 0.2) is 53.4 Å². The van der Waals surface area contributed by atoms with E-state index < -0.39 is 22.6 Å². The minimum Gasteiger partial charge on any atom is -0.268 e. The molecule has 138 valence electrons. The van der Waals surface area contributed by atoms with Crippen molar-refractivity contribution in [1.29, 1.82) is 0 Å². The summed E-state index contributed by atoms with van der Waals surface area (Å²) in [5.74, 6) is -0.681. The van der Waals surface area contributed by atoms with Crippen LogP contribution in [0.1, 0.15) is 11.1 Å². The Labute approximate surface area is 160 Å². The molecule has 2 aromatic rings. The van der Waals surface area contributed by atoms with Gasteiger partial charge in [0.25, 0.3) is 11.6 Å². The summed E-state index contributed by atoms with van der Waals surface area (Å²) >= 11 is 5.97. The third-order valence-corrected chi connectivity index (χ3v) is 4.95. The van der Waals surface area contributed by atoms with E-state index in [9.17, 15) is 28.1 Å². The monoisotopic (exact) mass is 410 g/mol. The zero-order chi connectivity index (χ0) is 19.8. The molecule has 1 saturated heterocycles. The number of halogens is 3. The third kappa shape index (κ3) is 3.86. The van der Waals surface area contributed by atoms with Crippen LogP contribution >= 0.6 is 24.0 Å². The molecule has 0 aromatic heterocycles. The number of anilines is 1. The highest BCUT2D eigenvalue weighted by atomic mass is 32.2. The van der Waals surface area contributed by atoms with Gasteiger partial charge in [0.1, 0.15) is 0 Å². The Morgan fingerprint density at radius 3 is 2.33 bits per heavy atom. The van der Waals surface area contributed by atoms with Crippen molar-refractivity contribution in [2.24, 2.45) is 0 Å². The quantitative estimate of drug-likeness (QED) is 0.308. The fourth-order valence-corrected chi connectivity index (χ4v) is 3.71. The van der Waals surface area contributed by atoms with Gasteiger partial charge in [-0.3, -0.25) is 19.8 Å². The predicted octanol–water partition coefficient (Wildman–Crippen LogP) is 5.02. The van der Waals surface area contributed by atoms with E-state index in [1.165, 1.54) is 48.5 Å². The van der Waals surface area contributed by atoms with Gasteiger partial charge in [0.15, 0.2) is 4.32 Å². The number of non-ortho nitro benzene ring substituents is 1. The fourth-order valence-electron chi connectivity index (χ4n) is 2.43. The van der Waals surface area contributed by atoms with E-state index >= 15 is 0 Å². The van der Waals surface area contributed by atoms with Crippen molar-refractivity contribution in [3.63, 3.8) is 0 Å². The van der Waals surface area contributed by atoms with Gasteiger partial charge in [-0.25, -0.2) is 0 Å². The summed E-state index contributed by atoms with van der Waals surface area (Å²) in [7, 11) is 0. The van der Waals surface area contributed by atoms with E-state index in [4.69, 9.17) is 12.2 Å². The minimum absolute atomic E-state index is 0.0233. The van der Waals surface area contributed by atoms with E-state index in [0.29, 0.717) is 5.56 Å². The summed E-state index contributed by atoms with van der Waals surface area (Å²) in [6.45, 7) is 0. The first-order valence-corrected chi connectivity index (χ1v) is 8.59. The molecular weight excluding hydrogens is 401 g/mol. The van der Waals surface area contributed by atoms with Gasteiger partial charge in [0.2, 0.25) is 0 Å². The maximum atomic E-state index is 13.2. The maximum absolute atomic E-state index is 13.2. The molecule has 1 heterocycles. The Bertz CT molecular complexity index is 972. The number of hydrogen-bond acceptors (Lipinski definition) is 5. The van der Waals surface area contributed by atoms with E-state index in [0.717, 1.165) is 22.7 Å². The highest BCUT2D eigenvalue weighted by Crippen LogP contribution is 2.42. The maximum Gasteiger partial charge on any atom is 0.418 e. The second-order valence-corrected chi connectivity index (χ2v) is 7.06. The summed E-state index contributed by atoms with van der Waals surface area (Å²) in [4.78, 5) is 23.7. The van der Waals surface area contributed by atoms with Crippen LogP contribution in [0.25, 0.3) is 6.08 Å². The van der Waals surface area contributed by atoms with Gasteiger partial charge in [-0.1, -0.05) is 36.1 Å². The van der Waals surface area contributed by atoms with Crippen molar-refractivity contribution in [2.45, 2.75) is 6.18 Å². The van der Waals surface area contributed by atoms with Crippen LogP contribution in [0.3, 0.4) is 0 Å². The average molecular weight is 410 g/mol. The number of hydrogen-bond donors (Lipinski definition) is 0. The number of nitro benzene ring substituents is 1. The first-order valence-electron chi connectivity index (χ1n) is 7.37. The van der Waals surface area contributed by atoms with Crippen LogP contribution in [0.5, 0.6) is 0 Å². The van der Waals surface area contributed by atoms with Crippen molar-refractivity contribution in [3.8, 4) is 0 Å². The van der Waals surface area contributed by atoms with Crippen molar-refractivity contribution < 1.29 is 22.9 Å². The molecule has 0 unspecified atom stereocenters. The Kier molecular flexibility index (Phi) is 5.03. The molecule has 0 radical (unpaired) electrons. The molecule has 0 aliphatic carbocycles. The number of thioether (sulfide) groups is 1. The van der Waals surface area contributed by atoms with Gasteiger partial charge in [-0.15, -0.1) is 0 Å². The number of rotatable bonds is 3. The van der Waals surface area contributed by atoms with Gasteiger partial charge in [0, 0.05) is 12.1 Å². The first-order chi connectivity index (χ1) is 12.7. The molecule has 0 atom stereocenters.